The third-order valence-corrected chi connectivity index (χ3v) is 10.2. The molecular weight excluding hydrogens is 366 g/mol. The molecule has 1 aromatic rings. The SMILES string of the molecule is CC(C)(C)[Si](C)(C)O[C@H]1[C@H](n2ccc(=O)[nH]c2=O)O[C@@]2(CC2(F)F)[C@H]1O. The summed E-state index contributed by atoms with van der Waals surface area (Å²) in [6.45, 7) is 9.77. The number of aliphatic hydroxyl groups is 1. The third-order valence-electron chi connectivity index (χ3n) is 5.74. The van der Waals surface area contributed by atoms with Crippen molar-refractivity contribution >= 4 is 8.32 Å². The van der Waals surface area contributed by atoms with Crippen molar-refractivity contribution in [3.63, 3.8) is 0 Å². The van der Waals surface area contributed by atoms with Crippen molar-refractivity contribution in [3.05, 3.63) is 33.1 Å². The molecule has 0 unspecified atom stereocenters. The maximum absolute atomic E-state index is 14.0. The van der Waals surface area contributed by atoms with Crippen LogP contribution < -0.4 is 11.2 Å². The first-order valence-corrected chi connectivity index (χ1v) is 11.4. The highest BCUT2D eigenvalue weighted by Gasteiger charge is 2.82. The second kappa shape index (κ2) is 5.57. The Morgan fingerprint density at radius 1 is 1.38 bits per heavy atom. The lowest BCUT2D eigenvalue weighted by atomic mass is 10.1. The molecule has 2 fully saturated rings. The fraction of sp³-hybridized carbons (Fsp3) is 0.750. The number of nitrogens with one attached hydrogen (secondary N) is 1. The van der Waals surface area contributed by atoms with Crippen LogP contribution in [0.25, 0.3) is 0 Å². The molecule has 1 saturated carbocycles. The quantitative estimate of drug-likeness (QED) is 0.765. The number of aromatic amines is 1. The molecule has 0 bridgehead atoms. The summed E-state index contributed by atoms with van der Waals surface area (Å²) in [5.74, 6) is -3.19. The van der Waals surface area contributed by atoms with Gasteiger partial charge in [0.1, 0.15) is 12.2 Å². The minimum Gasteiger partial charge on any atom is -0.407 e. The van der Waals surface area contributed by atoms with Crippen LogP contribution in [0.1, 0.15) is 33.4 Å². The molecule has 2 N–H and O–H groups in total. The Bertz CT molecular complexity index is 831. The molecule has 0 amide bonds. The van der Waals surface area contributed by atoms with E-state index in [1.54, 1.807) is 0 Å². The first-order chi connectivity index (χ1) is 11.7. The first kappa shape index (κ1) is 19.4. The van der Waals surface area contributed by atoms with Gasteiger partial charge in [0.05, 0.1) is 6.42 Å². The topological polar surface area (TPSA) is 93.6 Å². The van der Waals surface area contributed by atoms with Crippen LogP contribution in [0.2, 0.25) is 18.1 Å². The highest BCUT2D eigenvalue weighted by molar-refractivity contribution is 6.74. The fourth-order valence-electron chi connectivity index (χ4n) is 2.99. The van der Waals surface area contributed by atoms with Crippen LogP contribution in [0, 0.1) is 0 Å². The van der Waals surface area contributed by atoms with E-state index in [-0.39, 0.29) is 5.04 Å². The van der Waals surface area contributed by atoms with Crippen molar-refractivity contribution in [1.29, 1.82) is 0 Å². The molecule has 1 saturated heterocycles. The number of ether oxygens (including phenoxy) is 1. The smallest absolute Gasteiger partial charge is 0.330 e. The molecule has 0 aromatic carbocycles. The molecule has 1 aliphatic carbocycles. The zero-order chi connectivity index (χ0) is 19.7. The van der Waals surface area contributed by atoms with E-state index in [0.29, 0.717) is 0 Å². The van der Waals surface area contributed by atoms with Gasteiger partial charge < -0.3 is 14.3 Å². The van der Waals surface area contributed by atoms with E-state index in [0.717, 1.165) is 10.6 Å². The van der Waals surface area contributed by atoms with Crippen molar-refractivity contribution in [2.75, 3.05) is 0 Å². The van der Waals surface area contributed by atoms with Crippen LogP contribution >= 0.6 is 0 Å². The van der Waals surface area contributed by atoms with Crippen LogP contribution in [0.5, 0.6) is 0 Å². The predicted octanol–water partition coefficient (Wildman–Crippen LogP) is 1.59. The van der Waals surface area contributed by atoms with Gasteiger partial charge in [0.2, 0.25) is 0 Å². The highest BCUT2D eigenvalue weighted by Crippen LogP contribution is 2.64. The van der Waals surface area contributed by atoms with Crippen molar-refractivity contribution in [1.82, 2.24) is 9.55 Å². The second-order valence-corrected chi connectivity index (χ2v) is 13.3. The Labute approximate surface area is 150 Å². The average Bonchev–Trinajstić information content (AvgIpc) is 2.93. The second-order valence-electron chi connectivity index (χ2n) is 8.58. The molecule has 0 radical (unpaired) electrons. The van der Waals surface area contributed by atoms with Gasteiger partial charge in [0.15, 0.2) is 20.1 Å². The standard InChI is InChI=1S/C16H24F2N2O5Si/c1-14(2,3)26(4,5)25-10-11(22)15(8-16(15,17)18)24-12(10)20-7-6-9(21)19-13(20)23/h6-7,10-12,22H,8H2,1-5H3,(H,19,21,23)/t10-,11+,12-,15+/m1/s1. The monoisotopic (exact) mass is 390 g/mol. The molecule has 10 heteroatoms. The Hall–Kier alpha value is -1.36. The van der Waals surface area contributed by atoms with Crippen molar-refractivity contribution in [3.8, 4) is 0 Å². The highest BCUT2D eigenvalue weighted by atomic mass is 28.4. The molecule has 1 aromatic heterocycles. The number of nitrogens with zero attached hydrogens (tertiary/aromatic N) is 1. The van der Waals surface area contributed by atoms with Gasteiger partial charge in [-0.3, -0.25) is 14.3 Å². The summed E-state index contributed by atoms with van der Waals surface area (Å²) in [7, 11) is -2.47. The zero-order valence-electron chi connectivity index (χ0n) is 15.4. The summed E-state index contributed by atoms with van der Waals surface area (Å²) in [4.78, 5) is 25.5. The van der Waals surface area contributed by atoms with E-state index in [2.05, 4.69) is 4.98 Å². The van der Waals surface area contributed by atoms with Gasteiger partial charge in [-0.15, -0.1) is 0 Å². The number of rotatable bonds is 3. The number of hydrogen-bond acceptors (Lipinski definition) is 5. The lowest BCUT2D eigenvalue weighted by molar-refractivity contribution is -0.101. The van der Waals surface area contributed by atoms with Gasteiger partial charge >= 0.3 is 5.69 Å². The van der Waals surface area contributed by atoms with Crippen molar-refractivity contribution in [2.45, 2.75) is 75.3 Å². The van der Waals surface area contributed by atoms with Crippen LogP contribution in [-0.4, -0.2) is 46.7 Å². The molecule has 7 nitrogen and oxygen atoms in total. The molecule has 146 valence electrons. The van der Waals surface area contributed by atoms with E-state index >= 15 is 0 Å². The minimum absolute atomic E-state index is 0.241. The summed E-state index contributed by atoms with van der Waals surface area (Å²) in [6.07, 6.45) is -3.45. The Morgan fingerprint density at radius 2 is 1.96 bits per heavy atom. The molecule has 2 aliphatic rings. The van der Waals surface area contributed by atoms with E-state index in [1.807, 2.05) is 33.9 Å². The largest absolute Gasteiger partial charge is 0.407 e. The first-order valence-electron chi connectivity index (χ1n) is 8.45. The van der Waals surface area contributed by atoms with Crippen molar-refractivity contribution in [2.24, 2.45) is 0 Å². The molecule has 1 spiro atoms. The number of H-pyrrole nitrogens is 1. The third kappa shape index (κ3) is 2.79. The summed E-state index contributed by atoms with van der Waals surface area (Å²) >= 11 is 0. The fourth-order valence-corrected chi connectivity index (χ4v) is 4.27. The van der Waals surface area contributed by atoms with Gasteiger partial charge in [0, 0.05) is 12.3 Å². The van der Waals surface area contributed by atoms with E-state index < -0.39 is 55.9 Å². The molecule has 3 rings (SSSR count). The van der Waals surface area contributed by atoms with Crippen LogP contribution in [-0.2, 0) is 9.16 Å². The van der Waals surface area contributed by atoms with Gasteiger partial charge in [-0.2, -0.15) is 0 Å². The maximum atomic E-state index is 14.0. The lowest BCUT2D eigenvalue weighted by Gasteiger charge is -2.40. The van der Waals surface area contributed by atoms with E-state index in [4.69, 9.17) is 9.16 Å². The summed E-state index contributed by atoms with van der Waals surface area (Å²) in [6, 6.07) is 1.09. The van der Waals surface area contributed by atoms with Gasteiger partial charge in [-0.1, -0.05) is 20.8 Å². The van der Waals surface area contributed by atoms with Gasteiger partial charge in [-0.25, -0.2) is 13.6 Å². The Morgan fingerprint density at radius 3 is 2.42 bits per heavy atom. The normalized spacial score (nSPS) is 33.6. The number of halogens is 2. The maximum Gasteiger partial charge on any atom is 0.330 e. The Balaban J connectivity index is 2.03. The number of alkyl halides is 2. The molecule has 1 aliphatic heterocycles. The molecular formula is C16H24F2N2O5Si. The molecule has 2 heterocycles. The lowest BCUT2D eigenvalue weighted by Crippen LogP contribution is -2.50. The van der Waals surface area contributed by atoms with Gasteiger partial charge in [-0.05, 0) is 18.1 Å². The number of hydrogen-bond donors (Lipinski definition) is 2. The van der Waals surface area contributed by atoms with E-state index in [9.17, 15) is 23.5 Å². The average molecular weight is 390 g/mol. The summed E-state index contributed by atoms with van der Waals surface area (Å²) in [5, 5.41) is 10.4. The molecule has 26 heavy (non-hydrogen) atoms. The summed E-state index contributed by atoms with van der Waals surface area (Å²) < 4.78 is 40.6. The Kier molecular flexibility index (Phi) is 4.16. The van der Waals surface area contributed by atoms with Crippen LogP contribution in [0.4, 0.5) is 8.78 Å². The van der Waals surface area contributed by atoms with Gasteiger partial charge in [0.25, 0.3) is 11.5 Å². The van der Waals surface area contributed by atoms with Crippen LogP contribution in [0.3, 0.4) is 0 Å². The zero-order valence-corrected chi connectivity index (χ0v) is 16.4. The van der Waals surface area contributed by atoms with E-state index in [1.165, 1.54) is 6.20 Å². The number of aliphatic hydroxyl groups excluding tert-OH is 1. The van der Waals surface area contributed by atoms with Crippen LogP contribution in [0.15, 0.2) is 21.9 Å². The predicted molar refractivity (Wildman–Crippen MR) is 91.8 cm³/mol. The molecule has 4 atom stereocenters. The summed E-state index contributed by atoms with van der Waals surface area (Å²) in [5.41, 5.74) is -3.47. The van der Waals surface area contributed by atoms with Crippen molar-refractivity contribution < 1.29 is 23.1 Å². The minimum atomic E-state index is -3.19. The number of aromatic nitrogens is 2.